The van der Waals surface area contributed by atoms with E-state index in [1.807, 2.05) is 29.6 Å². The number of hydrogen-bond acceptors (Lipinski definition) is 5. The third kappa shape index (κ3) is 4.89. The fourth-order valence-corrected chi connectivity index (χ4v) is 4.01. The van der Waals surface area contributed by atoms with Crippen LogP contribution in [0.1, 0.15) is 5.56 Å². The van der Waals surface area contributed by atoms with Crippen molar-refractivity contribution in [2.45, 2.75) is 11.3 Å². The van der Waals surface area contributed by atoms with Gasteiger partial charge < -0.3 is 5.32 Å². The van der Waals surface area contributed by atoms with E-state index in [0.29, 0.717) is 5.13 Å². The normalized spacial score (nSPS) is 11.3. The van der Waals surface area contributed by atoms with Gasteiger partial charge in [0.1, 0.15) is 0 Å². The van der Waals surface area contributed by atoms with Gasteiger partial charge in [-0.25, -0.2) is 13.4 Å². The maximum atomic E-state index is 12.2. The largest absolute Gasteiger partial charge is 0.302 e. The molecule has 3 rings (SSSR count). The average Bonchev–Trinajstić information content (AvgIpc) is 3.03. The zero-order valence-corrected chi connectivity index (χ0v) is 17.6. The first-order chi connectivity index (χ1) is 12.3. The molecule has 0 spiro atoms. The predicted molar refractivity (Wildman–Crippen MR) is 112 cm³/mol. The number of benzene rings is 2. The molecule has 0 aliphatic heterocycles. The highest BCUT2D eigenvalue weighted by atomic mass is 127. The number of sulfone groups is 1. The lowest BCUT2D eigenvalue weighted by atomic mass is 10.1. The monoisotopic (exact) mass is 498 g/mol. The van der Waals surface area contributed by atoms with Crippen molar-refractivity contribution < 1.29 is 13.2 Å². The number of nitrogens with one attached hydrogen (secondary N) is 1. The first-order valence-corrected chi connectivity index (χ1v) is 11.5. The van der Waals surface area contributed by atoms with Crippen molar-refractivity contribution in [1.29, 1.82) is 0 Å². The summed E-state index contributed by atoms with van der Waals surface area (Å²) in [5, 5.41) is 5.23. The number of halogens is 1. The lowest BCUT2D eigenvalue weighted by Crippen LogP contribution is -2.14. The molecule has 1 aromatic heterocycles. The summed E-state index contributed by atoms with van der Waals surface area (Å²) < 4.78 is 24.1. The summed E-state index contributed by atoms with van der Waals surface area (Å²) in [6.45, 7) is 0. The first-order valence-electron chi connectivity index (χ1n) is 7.61. The van der Waals surface area contributed by atoms with Gasteiger partial charge in [0.2, 0.25) is 5.91 Å². The van der Waals surface area contributed by atoms with Crippen molar-refractivity contribution in [1.82, 2.24) is 4.98 Å². The van der Waals surface area contributed by atoms with Crippen molar-refractivity contribution >= 4 is 54.8 Å². The van der Waals surface area contributed by atoms with Crippen LogP contribution < -0.4 is 5.32 Å². The van der Waals surface area contributed by atoms with Crippen LogP contribution in [-0.4, -0.2) is 25.6 Å². The molecule has 3 aromatic rings. The number of thiazole rings is 1. The average molecular weight is 498 g/mol. The highest BCUT2D eigenvalue weighted by Gasteiger charge is 2.11. The third-order valence-electron chi connectivity index (χ3n) is 3.61. The Morgan fingerprint density at radius 2 is 1.77 bits per heavy atom. The SMILES string of the molecule is CS(=O)(=O)c1ccc(CC(=O)Nc2nc(-c3ccc(I)cc3)cs2)cc1. The maximum absolute atomic E-state index is 12.2. The molecule has 0 saturated heterocycles. The van der Waals surface area contributed by atoms with E-state index in [2.05, 4.69) is 32.9 Å². The Hall–Kier alpha value is -1.78. The quantitative estimate of drug-likeness (QED) is 0.540. The van der Waals surface area contributed by atoms with Crippen molar-refractivity contribution in [3.8, 4) is 11.3 Å². The molecule has 1 heterocycles. The molecule has 0 atom stereocenters. The fraction of sp³-hybridized carbons (Fsp3) is 0.111. The highest BCUT2D eigenvalue weighted by molar-refractivity contribution is 14.1. The first kappa shape index (κ1) is 19.0. The minimum absolute atomic E-state index is 0.155. The van der Waals surface area contributed by atoms with Crippen LogP contribution in [0.2, 0.25) is 0 Å². The molecule has 1 amide bonds. The van der Waals surface area contributed by atoms with Gasteiger partial charge in [0.15, 0.2) is 15.0 Å². The minimum Gasteiger partial charge on any atom is -0.302 e. The molecule has 0 fully saturated rings. The Morgan fingerprint density at radius 1 is 1.12 bits per heavy atom. The van der Waals surface area contributed by atoms with Crippen LogP contribution in [0.25, 0.3) is 11.3 Å². The Bertz CT molecular complexity index is 1030. The summed E-state index contributed by atoms with van der Waals surface area (Å²) >= 11 is 3.61. The van der Waals surface area contributed by atoms with Gasteiger partial charge in [0, 0.05) is 20.8 Å². The van der Waals surface area contributed by atoms with E-state index in [-0.39, 0.29) is 17.2 Å². The molecule has 0 aliphatic carbocycles. The van der Waals surface area contributed by atoms with Crippen molar-refractivity contribution in [2.75, 3.05) is 11.6 Å². The Balaban J connectivity index is 1.64. The van der Waals surface area contributed by atoms with Crippen molar-refractivity contribution in [3.05, 3.63) is 63.0 Å². The second-order valence-electron chi connectivity index (χ2n) is 5.69. The summed E-state index contributed by atoms with van der Waals surface area (Å²) in [5.41, 5.74) is 2.56. The van der Waals surface area contributed by atoms with Gasteiger partial charge in [-0.15, -0.1) is 11.3 Å². The van der Waals surface area contributed by atoms with E-state index in [1.165, 1.54) is 23.5 Å². The molecule has 26 heavy (non-hydrogen) atoms. The highest BCUT2D eigenvalue weighted by Crippen LogP contribution is 2.25. The molecule has 0 bridgehead atoms. The van der Waals surface area contributed by atoms with Crippen LogP contribution in [0, 0.1) is 3.57 Å². The molecule has 1 N–H and O–H groups in total. The Kier molecular flexibility index (Phi) is 5.73. The molecule has 5 nitrogen and oxygen atoms in total. The Labute approximate surface area is 169 Å². The van der Waals surface area contributed by atoms with Gasteiger partial charge in [-0.2, -0.15) is 0 Å². The number of aromatic nitrogens is 1. The van der Waals surface area contributed by atoms with E-state index in [0.717, 1.165) is 26.6 Å². The van der Waals surface area contributed by atoms with Gasteiger partial charge in [0.25, 0.3) is 0 Å². The van der Waals surface area contributed by atoms with Gasteiger partial charge in [-0.3, -0.25) is 4.79 Å². The second-order valence-corrected chi connectivity index (χ2v) is 9.81. The predicted octanol–water partition coefficient (Wildman–Crippen LogP) is 4.00. The number of hydrogen-bond donors (Lipinski definition) is 1. The second kappa shape index (κ2) is 7.85. The van der Waals surface area contributed by atoms with Gasteiger partial charge >= 0.3 is 0 Å². The molecule has 2 aromatic carbocycles. The smallest absolute Gasteiger partial charge is 0.230 e. The van der Waals surface area contributed by atoms with E-state index < -0.39 is 9.84 Å². The van der Waals surface area contributed by atoms with Crippen LogP contribution in [0.5, 0.6) is 0 Å². The molecular weight excluding hydrogens is 483 g/mol. The summed E-state index contributed by atoms with van der Waals surface area (Å²) in [5.74, 6) is -0.194. The van der Waals surface area contributed by atoms with Crippen LogP contribution in [0.15, 0.2) is 58.8 Å². The maximum Gasteiger partial charge on any atom is 0.230 e. The molecular formula is C18H15IN2O3S2. The van der Waals surface area contributed by atoms with Gasteiger partial charge in [0.05, 0.1) is 17.0 Å². The molecule has 0 aliphatic rings. The zero-order chi connectivity index (χ0) is 18.7. The number of anilines is 1. The molecule has 0 unspecified atom stereocenters. The number of amides is 1. The summed E-state index contributed by atoms with van der Waals surface area (Å²) in [6, 6.07) is 14.3. The summed E-state index contributed by atoms with van der Waals surface area (Å²) in [7, 11) is -3.23. The standard InChI is InChI=1S/C18H15IN2O3S2/c1-26(23,24)15-8-2-12(3-9-15)10-17(22)21-18-20-16(11-25-18)13-4-6-14(19)7-5-13/h2-9,11H,10H2,1H3,(H,20,21,22). The van der Waals surface area contributed by atoms with Crippen LogP contribution in [-0.2, 0) is 21.1 Å². The minimum atomic E-state index is -3.23. The van der Waals surface area contributed by atoms with E-state index in [4.69, 9.17) is 0 Å². The number of carbonyl (C=O) groups excluding carboxylic acids is 1. The van der Waals surface area contributed by atoms with Crippen LogP contribution in [0.4, 0.5) is 5.13 Å². The van der Waals surface area contributed by atoms with Crippen molar-refractivity contribution in [2.24, 2.45) is 0 Å². The Morgan fingerprint density at radius 3 is 2.38 bits per heavy atom. The molecule has 0 radical (unpaired) electrons. The number of nitrogens with zero attached hydrogens (tertiary/aromatic N) is 1. The van der Waals surface area contributed by atoms with E-state index in [9.17, 15) is 13.2 Å². The van der Waals surface area contributed by atoms with Gasteiger partial charge in [-0.1, -0.05) is 24.3 Å². The van der Waals surface area contributed by atoms with E-state index >= 15 is 0 Å². The molecule has 0 saturated carbocycles. The number of rotatable bonds is 5. The van der Waals surface area contributed by atoms with Crippen LogP contribution in [0.3, 0.4) is 0 Å². The van der Waals surface area contributed by atoms with Crippen LogP contribution >= 0.6 is 33.9 Å². The lowest BCUT2D eigenvalue weighted by molar-refractivity contribution is -0.115. The zero-order valence-electron chi connectivity index (χ0n) is 13.8. The summed E-state index contributed by atoms with van der Waals surface area (Å²) in [6.07, 6.45) is 1.31. The fourth-order valence-electron chi connectivity index (χ4n) is 2.29. The lowest BCUT2D eigenvalue weighted by Gasteiger charge is -2.03. The number of carbonyl (C=O) groups is 1. The molecule has 8 heteroatoms. The van der Waals surface area contributed by atoms with E-state index in [1.54, 1.807) is 12.1 Å². The molecule has 134 valence electrons. The van der Waals surface area contributed by atoms with Crippen molar-refractivity contribution in [3.63, 3.8) is 0 Å². The van der Waals surface area contributed by atoms with Gasteiger partial charge in [-0.05, 0) is 52.4 Å². The third-order valence-corrected chi connectivity index (χ3v) is 6.21. The summed E-state index contributed by atoms with van der Waals surface area (Å²) in [4.78, 5) is 16.9. The topological polar surface area (TPSA) is 76.1 Å².